The number of rotatable bonds is 17. The Balaban J connectivity index is 1.49. The summed E-state index contributed by atoms with van der Waals surface area (Å²) in [6.45, 7) is 2.63. The highest BCUT2D eigenvalue weighted by Gasteiger charge is 2.43. The van der Waals surface area contributed by atoms with E-state index in [1.807, 2.05) is 0 Å². The highest BCUT2D eigenvalue weighted by molar-refractivity contribution is 6.12. The molecule has 2 aliphatic heterocycles. The van der Waals surface area contributed by atoms with Crippen molar-refractivity contribution in [2.24, 2.45) is 0 Å². The number of aliphatic hydroxyl groups is 4. The number of unbranched alkanes of at least 4 members (excludes halogenated alkanes) is 2. The Morgan fingerprint density at radius 1 is 0.956 bits per heavy atom. The lowest BCUT2D eigenvalue weighted by atomic mass is 9.95. The number of hydrogen-bond donors (Lipinski definition) is 6. The van der Waals surface area contributed by atoms with Crippen LogP contribution in [0.2, 0.25) is 0 Å². The maximum absolute atomic E-state index is 12.7. The van der Waals surface area contributed by atoms with Crippen molar-refractivity contribution in [1.82, 2.24) is 10.2 Å². The molecule has 2 heterocycles. The van der Waals surface area contributed by atoms with Crippen LogP contribution in [0.1, 0.15) is 37.7 Å². The molecule has 3 rings (SSSR count). The van der Waals surface area contributed by atoms with Crippen LogP contribution in [-0.2, 0) is 40.1 Å². The van der Waals surface area contributed by atoms with E-state index in [2.05, 4.69) is 17.2 Å². The summed E-state index contributed by atoms with van der Waals surface area (Å²) in [6, 6.07) is 4.58. The minimum absolute atomic E-state index is 0.0464. The van der Waals surface area contributed by atoms with Crippen molar-refractivity contribution >= 4 is 35.3 Å². The molecule has 2 aliphatic rings. The molecule has 0 spiro atoms. The normalized spacial score (nSPS) is 22.7. The summed E-state index contributed by atoms with van der Waals surface area (Å²) in [5.74, 6) is -1.91. The summed E-state index contributed by atoms with van der Waals surface area (Å²) in [5, 5.41) is 45.1. The first-order valence-electron chi connectivity index (χ1n) is 14.5. The fraction of sp³-hybridized carbons (Fsp3) is 0.500. The molecule has 5 atom stereocenters. The summed E-state index contributed by atoms with van der Waals surface area (Å²) in [5.41, 5.74) is 0.692. The largest absolute Gasteiger partial charge is 0.489 e. The SMILES string of the molecule is C=CC(=O)OCc1ccc(OC[C@@H]2O[C@H](CO)[C@H](O)[C@H](O)[C@H]2O)c(NC(=O)CCNC(=O)CCCCCN2C(=O)C=CC2=O)c1. The molecule has 1 aromatic carbocycles. The van der Waals surface area contributed by atoms with Gasteiger partial charge in [0.2, 0.25) is 11.8 Å². The topological polar surface area (TPSA) is 221 Å². The van der Waals surface area contributed by atoms with Crippen LogP contribution in [0.4, 0.5) is 5.69 Å². The van der Waals surface area contributed by atoms with Gasteiger partial charge < -0.3 is 45.3 Å². The first-order valence-corrected chi connectivity index (χ1v) is 14.5. The Hall–Kier alpha value is -4.15. The van der Waals surface area contributed by atoms with Crippen LogP contribution in [0.5, 0.6) is 5.75 Å². The summed E-state index contributed by atoms with van der Waals surface area (Å²) in [7, 11) is 0. The first kappa shape index (κ1) is 35.3. The first-order chi connectivity index (χ1) is 21.5. The Labute approximate surface area is 259 Å². The van der Waals surface area contributed by atoms with Crippen molar-refractivity contribution in [1.29, 1.82) is 0 Å². The average Bonchev–Trinajstić information content (AvgIpc) is 3.34. The van der Waals surface area contributed by atoms with Gasteiger partial charge >= 0.3 is 5.97 Å². The molecule has 0 aliphatic carbocycles. The van der Waals surface area contributed by atoms with Gasteiger partial charge in [0.15, 0.2) is 0 Å². The van der Waals surface area contributed by atoms with Crippen LogP contribution in [-0.4, -0.2) is 112 Å². The number of hydrogen-bond acceptors (Lipinski definition) is 12. The number of ether oxygens (including phenoxy) is 3. The van der Waals surface area contributed by atoms with E-state index in [-0.39, 0.29) is 61.8 Å². The van der Waals surface area contributed by atoms with Gasteiger partial charge in [-0.1, -0.05) is 19.1 Å². The van der Waals surface area contributed by atoms with Crippen molar-refractivity contribution in [3.05, 3.63) is 48.6 Å². The van der Waals surface area contributed by atoms with Gasteiger partial charge in [0.1, 0.15) is 49.5 Å². The van der Waals surface area contributed by atoms with E-state index < -0.39 is 49.0 Å². The molecule has 1 aromatic rings. The monoisotopic (exact) mass is 633 g/mol. The Bertz CT molecular complexity index is 1250. The third-order valence-electron chi connectivity index (χ3n) is 7.12. The lowest BCUT2D eigenvalue weighted by Gasteiger charge is -2.39. The number of benzene rings is 1. The van der Waals surface area contributed by atoms with Gasteiger partial charge in [-0.15, -0.1) is 0 Å². The Kier molecular flexibility index (Phi) is 13.6. The molecule has 0 radical (unpaired) electrons. The van der Waals surface area contributed by atoms with E-state index in [0.717, 1.165) is 11.0 Å². The molecule has 45 heavy (non-hydrogen) atoms. The lowest BCUT2D eigenvalue weighted by molar-refractivity contribution is -0.234. The van der Waals surface area contributed by atoms with Gasteiger partial charge in [0.25, 0.3) is 11.8 Å². The van der Waals surface area contributed by atoms with Gasteiger partial charge in [0.05, 0.1) is 12.3 Å². The van der Waals surface area contributed by atoms with Crippen LogP contribution in [0.15, 0.2) is 43.0 Å². The van der Waals surface area contributed by atoms with E-state index in [9.17, 15) is 44.4 Å². The molecule has 246 valence electrons. The fourth-order valence-corrected chi connectivity index (χ4v) is 4.59. The fourth-order valence-electron chi connectivity index (χ4n) is 4.59. The molecule has 0 saturated carbocycles. The Morgan fingerprint density at radius 3 is 2.36 bits per heavy atom. The van der Waals surface area contributed by atoms with E-state index in [4.69, 9.17) is 14.2 Å². The molecule has 1 saturated heterocycles. The highest BCUT2D eigenvalue weighted by atomic mass is 16.6. The standard InChI is InChI=1S/C30H39N3O12/c1-2-27(39)44-16-18-7-8-20(43-17-22-29(41)30(42)28(40)21(15-34)45-22)19(14-18)32-24(36)11-12-31-23(35)6-4-3-5-13-33-25(37)9-10-26(33)38/h2,7-10,14,21-22,28-30,34,40-42H,1,3-6,11-13,15-17H2,(H,31,35)(H,32,36)/t21-,22+,28+,29+,30+/m1/s1. The highest BCUT2D eigenvalue weighted by Crippen LogP contribution is 2.28. The van der Waals surface area contributed by atoms with Gasteiger partial charge in [-0.3, -0.25) is 24.1 Å². The number of esters is 1. The maximum atomic E-state index is 12.7. The van der Waals surface area contributed by atoms with E-state index in [1.54, 1.807) is 6.07 Å². The van der Waals surface area contributed by atoms with Crippen molar-refractivity contribution in [2.45, 2.75) is 69.2 Å². The minimum atomic E-state index is -1.58. The van der Waals surface area contributed by atoms with E-state index in [1.165, 1.54) is 24.3 Å². The second-order valence-corrected chi connectivity index (χ2v) is 10.4. The van der Waals surface area contributed by atoms with Crippen LogP contribution in [0.25, 0.3) is 0 Å². The molecular formula is C30H39N3O12. The van der Waals surface area contributed by atoms with Gasteiger partial charge in [-0.2, -0.15) is 0 Å². The third kappa shape index (κ3) is 10.5. The van der Waals surface area contributed by atoms with Crippen LogP contribution in [0.3, 0.4) is 0 Å². The van der Waals surface area contributed by atoms with Crippen LogP contribution >= 0.6 is 0 Å². The third-order valence-corrected chi connectivity index (χ3v) is 7.12. The van der Waals surface area contributed by atoms with Crippen molar-refractivity contribution < 1.29 is 58.6 Å². The zero-order valence-electron chi connectivity index (χ0n) is 24.6. The Morgan fingerprint density at radius 2 is 1.67 bits per heavy atom. The summed E-state index contributed by atoms with van der Waals surface area (Å²) >= 11 is 0. The number of nitrogens with one attached hydrogen (secondary N) is 2. The minimum Gasteiger partial charge on any atom is -0.489 e. The maximum Gasteiger partial charge on any atom is 0.330 e. The van der Waals surface area contributed by atoms with E-state index in [0.29, 0.717) is 31.4 Å². The van der Waals surface area contributed by atoms with Gasteiger partial charge in [-0.05, 0) is 30.5 Å². The number of nitrogens with zero attached hydrogens (tertiary/aromatic N) is 1. The van der Waals surface area contributed by atoms with Gasteiger partial charge in [0, 0.05) is 44.2 Å². The average molecular weight is 634 g/mol. The quantitative estimate of drug-likeness (QED) is 0.0530. The summed E-state index contributed by atoms with van der Waals surface area (Å²) < 4.78 is 16.3. The number of anilines is 1. The zero-order chi connectivity index (χ0) is 32.9. The number of aliphatic hydroxyl groups excluding tert-OH is 4. The molecule has 0 aromatic heterocycles. The predicted octanol–water partition coefficient (Wildman–Crippen LogP) is -0.933. The smallest absolute Gasteiger partial charge is 0.330 e. The molecule has 4 amide bonds. The molecule has 6 N–H and O–H groups in total. The second kappa shape index (κ2) is 17.4. The summed E-state index contributed by atoms with van der Waals surface area (Å²) in [6.07, 6.45) is -1.52. The number of carbonyl (C=O) groups excluding carboxylic acids is 5. The van der Waals surface area contributed by atoms with Crippen LogP contribution in [0, 0.1) is 0 Å². The van der Waals surface area contributed by atoms with Crippen molar-refractivity contribution in [3.63, 3.8) is 0 Å². The lowest BCUT2D eigenvalue weighted by Crippen LogP contribution is -2.59. The number of carbonyl (C=O) groups is 5. The van der Waals surface area contributed by atoms with Crippen molar-refractivity contribution in [2.75, 3.05) is 31.6 Å². The summed E-state index contributed by atoms with van der Waals surface area (Å²) in [4.78, 5) is 60.7. The second-order valence-electron chi connectivity index (χ2n) is 10.4. The molecule has 0 unspecified atom stereocenters. The molecule has 15 nitrogen and oxygen atoms in total. The molecule has 0 bridgehead atoms. The molecular weight excluding hydrogens is 594 g/mol. The number of amides is 4. The molecule has 1 fully saturated rings. The molecule has 15 heteroatoms. The van der Waals surface area contributed by atoms with Crippen molar-refractivity contribution in [3.8, 4) is 5.75 Å². The number of imide groups is 1. The van der Waals surface area contributed by atoms with Gasteiger partial charge in [-0.25, -0.2) is 4.79 Å². The zero-order valence-corrected chi connectivity index (χ0v) is 24.6. The van der Waals surface area contributed by atoms with E-state index >= 15 is 0 Å². The van der Waals surface area contributed by atoms with Crippen LogP contribution < -0.4 is 15.4 Å². The predicted molar refractivity (Wildman–Crippen MR) is 156 cm³/mol.